The van der Waals surface area contributed by atoms with E-state index in [0.29, 0.717) is 5.88 Å². The standard InChI is InChI=1S/C9H8N2O/c1-12-8-5-4-7-3-2-6-10-9(7)11-8/h2-6H,1H3. The van der Waals surface area contributed by atoms with E-state index in [2.05, 4.69) is 9.97 Å². The van der Waals surface area contributed by atoms with Gasteiger partial charge < -0.3 is 4.74 Å². The highest BCUT2D eigenvalue weighted by atomic mass is 16.5. The largest absolute Gasteiger partial charge is 0.481 e. The van der Waals surface area contributed by atoms with Crippen LogP contribution in [0.5, 0.6) is 5.88 Å². The molecule has 2 aromatic rings. The second-order valence-electron chi connectivity index (χ2n) is 2.40. The summed E-state index contributed by atoms with van der Waals surface area (Å²) in [5.41, 5.74) is 0.719. The second kappa shape index (κ2) is 2.77. The SMILES string of the molecule is COc1ccc2cccnc2n1. The smallest absolute Gasteiger partial charge is 0.215 e. The number of hydrogen-bond donors (Lipinski definition) is 0. The first-order valence-electron chi connectivity index (χ1n) is 3.66. The Morgan fingerprint density at radius 2 is 2.17 bits per heavy atom. The molecule has 0 aliphatic heterocycles. The van der Waals surface area contributed by atoms with E-state index in [4.69, 9.17) is 4.74 Å². The molecule has 0 N–H and O–H groups in total. The molecule has 0 aromatic carbocycles. The van der Waals surface area contributed by atoms with Crippen molar-refractivity contribution in [1.82, 2.24) is 9.97 Å². The topological polar surface area (TPSA) is 35.0 Å². The summed E-state index contributed by atoms with van der Waals surface area (Å²) in [6.45, 7) is 0. The van der Waals surface area contributed by atoms with Crippen molar-refractivity contribution < 1.29 is 4.74 Å². The van der Waals surface area contributed by atoms with Crippen molar-refractivity contribution >= 4 is 11.0 Å². The van der Waals surface area contributed by atoms with Crippen LogP contribution in [0.1, 0.15) is 0 Å². The molecule has 0 bridgehead atoms. The van der Waals surface area contributed by atoms with E-state index in [1.807, 2.05) is 24.3 Å². The quantitative estimate of drug-likeness (QED) is 0.636. The summed E-state index contributed by atoms with van der Waals surface area (Å²) in [7, 11) is 1.59. The van der Waals surface area contributed by atoms with E-state index in [0.717, 1.165) is 11.0 Å². The Morgan fingerprint density at radius 3 is 3.00 bits per heavy atom. The first-order valence-corrected chi connectivity index (χ1v) is 3.66. The number of methoxy groups -OCH3 is 1. The monoisotopic (exact) mass is 160 g/mol. The Kier molecular flexibility index (Phi) is 1.63. The highest BCUT2D eigenvalue weighted by Gasteiger charge is 1.96. The molecule has 0 saturated carbocycles. The van der Waals surface area contributed by atoms with Crippen molar-refractivity contribution in [3.05, 3.63) is 30.5 Å². The average molecular weight is 160 g/mol. The van der Waals surface area contributed by atoms with Gasteiger partial charge in [0.1, 0.15) is 0 Å². The number of aromatic nitrogens is 2. The maximum absolute atomic E-state index is 4.97. The van der Waals surface area contributed by atoms with Crippen molar-refractivity contribution in [2.75, 3.05) is 7.11 Å². The van der Waals surface area contributed by atoms with Gasteiger partial charge in [0.2, 0.25) is 5.88 Å². The summed E-state index contributed by atoms with van der Waals surface area (Å²) in [6.07, 6.45) is 1.72. The predicted molar refractivity (Wildman–Crippen MR) is 46.1 cm³/mol. The van der Waals surface area contributed by atoms with Crippen LogP contribution < -0.4 is 4.74 Å². The van der Waals surface area contributed by atoms with Crippen LogP contribution in [0.25, 0.3) is 11.0 Å². The molecule has 0 aliphatic rings. The zero-order valence-electron chi connectivity index (χ0n) is 6.69. The molecule has 0 amide bonds. The van der Waals surface area contributed by atoms with Gasteiger partial charge in [0.25, 0.3) is 0 Å². The van der Waals surface area contributed by atoms with Crippen LogP contribution in [0.3, 0.4) is 0 Å². The number of pyridine rings is 2. The molecule has 0 spiro atoms. The fourth-order valence-electron chi connectivity index (χ4n) is 1.05. The minimum absolute atomic E-state index is 0.598. The summed E-state index contributed by atoms with van der Waals surface area (Å²) in [5.74, 6) is 0.598. The lowest BCUT2D eigenvalue weighted by molar-refractivity contribution is 0.399. The predicted octanol–water partition coefficient (Wildman–Crippen LogP) is 1.64. The highest BCUT2D eigenvalue weighted by molar-refractivity contribution is 5.74. The van der Waals surface area contributed by atoms with Crippen LogP contribution in [0.2, 0.25) is 0 Å². The molecule has 0 radical (unpaired) electrons. The molecule has 12 heavy (non-hydrogen) atoms. The minimum Gasteiger partial charge on any atom is -0.481 e. The van der Waals surface area contributed by atoms with Gasteiger partial charge in [-0.05, 0) is 18.2 Å². The van der Waals surface area contributed by atoms with E-state index in [1.54, 1.807) is 13.3 Å². The molecule has 0 atom stereocenters. The van der Waals surface area contributed by atoms with Crippen molar-refractivity contribution in [2.24, 2.45) is 0 Å². The molecule has 2 rings (SSSR count). The number of rotatable bonds is 1. The lowest BCUT2D eigenvalue weighted by Gasteiger charge is -1.98. The van der Waals surface area contributed by atoms with E-state index in [1.165, 1.54) is 0 Å². The number of hydrogen-bond acceptors (Lipinski definition) is 3. The fourth-order valence-corrected chi connectivity index (χ4v) is 1.05. The molecule has 0 unspecified atom stereocenters. The molecule has 0 aliphatic carbocycles. The fraction of sp³-hybridized carbons (Fsp3) is 0.111. The van der Waals surface area contributed by atoms with Gasteiger partial charge in [-0.3, -0.25) is 0 Å². The first-order chi connectivity index (χ1) is 5.90. The van der Waals surface area contributed by atoms with Gasteiger partial charge in [-0.2, -0.15) is 4.98 Å². The van der Waals surface area contributed by atoms with Crippen LogP contribution in [0.4, 0.5) is 0 Å². The third-order valence-electron chi connectivity index (χ3n) is 1.65. The normalized spacial score (nSPS) is 10.1. The summed E-state index contributed by atoms with van der Waals surface area (Å²) in [5, 5.41) is 1.03. The molecular formula is C9H8N2O. The van der Waals surface area contributed by atoms with Gasteiger partial charge >= 0.3 is 0 Å². The average Bonchev–Trinajstić information content (AvgIpc) is 2.17. The maximum Gasteiger partial charge on any atom is 0.215 e. The third kappa shape index (κ3) is 1.09. The van der Waals surface area contributed by atoms with Crippen LogP contribution in [0, 0.1) is 0 Å². The molecule has 2 aromatic heterocycles. The van der Waals surface area contributed by atoms with Gasteiger partial charge in [-0.1, -0.05) is 0 Å². The Balaban J connectivity index is 2.67. The van der Waals surface area contributed by atoms with E-state index in [9.17, 15) is 0 Å². The Labute approximate surface area is 70.0 Å². The first kappa shape index (κ1) is 7.03. The molecule has 2 heterocycles. The van der Waals surface area contributed by atoms with E-state index in [-0.39, 0.29) is 0 Å². The Bertz CT molecular complexity index is 400. The maximum atomic E-state index is 4.97. The lowest BCUT2D eigenvalue weighted by Crippen LogP contribution is -1.88. The lowest BCUT2D eigenvalue weighted by atomic mass is 10.3. The van der Waals surface area contributed by atoms with Crippen molar-refractivity contribution in [3.8, 4) is 5.88 Å². The van der Waals surface area contributed by atoms with Crippen LogP contribution in [-0.4, -0.2) is 17.1 Å². The zero-order chi connectivity index (χ0) is 8.39. The van der Waals surface area contributed by atoms with E-state index >= 15 is 0 Å². The van der Waals surface area contributed by atoms with Crippen LogP contribution in [0.15, 0.2) is 30.5 Å². The van der Waals surface area contributed by atoms with Crippen molar-refractivity contribution in [3.63, 3.8) is 0 Å². The molecule has 3 nitrogen and oxygen atoms in total. The second-order valence-corrected chi connectivity index (χ2v) is 2.40. The van der Waals surface area contributed by atoms with Crippen LogP contribution >= 0.6 is 0 Å². The third-order valence-corrected chi connectivity index (χ3v) is 1.65. The molecule has 3 heteroatoms. The number of fused-ring (bicyclic) bond motifs is 1. The van der Waals surface area contributed by atoms with Crippen molar-refractivity contribution in [2.45, 2.75) is 0 Å². The minimum atomic E-state index is 0.598. The van der Waals surface area contributed by atoms with Crippen LogP contribution in [-0.2, 0) is 0 Å². The van der Waals surface area contributed by atoms with E-state index < -0.39 is 0 Å². The van der Waals surface area contributed by atoms with Gasteiger partial charge in [0, 0.05) is 17.6 Å². The summed E-state index contributed by atoms with van der Waals surface area (Å²) < 4.78 is 4.97. The molecule has 60 valence electrons. The number of ether oxygens (including phenoxy) is 1. The summed E-state index contributed by atoms with van der Waals surface area (Å²) in [4.78, 5) is 8.26. The summed E-state index contributed by atoms with van der Waals surface area (Å²) >= 11 is 0. The zero-order valence-corrected chi connectivity index (χ0v) is 6.69. The van der Waals surface area contributed by atoms with Crippen molar-refractivity contribution in [1.29, 1.82) is 0 Å². The Hall–Kier alpha value is -1.64. The van der Waals surface area contributed by atoms with Gasteiger partial charge in [-0.25, -0.2) is 4.98 Å². The highest BCUT2D eigenvalue weighted by Crippen LogP contribution is 2.12. The number of nitrogens with zero attached hydrogens (tertiary/aromatic N) is 2. The van der Waals surface area contributed by atoms with Gasteiger partial charge in [-0.15, -0.1) is 0 Å². The molecular weight excluding hydrogens is 152 g/mol. The van der Waals surface area contributed by atoms with Gasteiger partial charge in [0.15, 0.2) is 5.65 Å². The Morgan fingerprint density at radius 1 is 1.25 bits per heavy atom. The molecule has 0 fully saturated rings. The summed E-state index contributed by atoms with van der Waals surface area (Å²) in [6, 6.07) is 7.61. The van der Waals surface area contributed by atoms with Gasteiger partial charge in [0.05, 0.1) is 7.11 Å². The molecule has 0 saturated heterocycles.